The minimum absolute atomic E-state index is 0.0110. The number of carbonyl (C=O) groups is 5. The van der Waals surface area contributed by atoms with Crippen molar-refractivity contribution < 1.29 is 33.8 Å². The lowest BCUT2D eigenvalue weighted by Crippen LogP contribution is -2.56. The fraction of sp³-hybridized carbons (Fsp3) is 0.548. The molecule has 17 heteroatoms. The first-order valence-electron chi connectivity index (χ1n) is 28.8. The highest BCUT2D eigenvalue weighted by Gasteiger charge is 2.45. The number of rotatable bonds is 24. The number of thiazole rings is 1. The number of aliphatic hydroxyl groups excluding tert-OH is 1. The first kappa shape index (κ1) is 59.5. The third kappa shape index (κ3) is 14.6. The minimum Gasteiger partial charge on any atom is -0.467 e. The van der Waals surface area contributed by atoms with Crippen molar-refractivity contribution in [3.05, 3.63) is 112 Å². The van der Waals surface area contributed by atoms with Crippen LogP contribution in [0.5, 0.6) is 0 Å². The first-order chi connectivity index (χ1) is 38.1. The molecule has 2 fully saturated rings. The van der Waals surface area contributed by atoms with Gasteiger partial charge in [0.15, 0.2) is 0 Å². The lowest BCUT2D eigenvalue weighted by Gasteiger charge is -2.40. The largest absolute Gasteiger partial charge is 0.467 e. The molecule has 0 unspecified atom stereocenters. The minimum atomic E-state index is -0.848. The van der Waals surface area contributed by atoms with E-state index >= 15 is 0 Å². The van der Waals surface area contributed by atoms with Crippen molar-refractivity contribution >= 4 is 63.4 Å². The molecule has 0 saturated carbocycles. The third-order valence-electron chi connectivity index (χ3n) is 16.4. The number of aromatic amines is 1. The van der Waals surface area contributed by atoms with Gasteiger partial charge in [0.25, 0.3) is 5.91 Å². The molecule has 79 heavy (non-hydrogen) atoms. The average molecular weight is 1120 g/mol. The van der Waals surface area contributed by atoms with E-state index in [-0.39, 0.29) is 53.9 Å². The number of methoxy groups -OCH3 is 1. The van der Waals surface area contributed by atoms with Crippen LogP contribution in [-0.4, -0.2) is 147 Å². The van der Waals surface area contributed by atoms with E-state index in [1.54, 1.807) is 16.2 Å². The number of likely N-dealkylation sites (tertiary alicyclic amines) is 1. The van der Waals surface area contributed by atoms with Gasteiger partial charge in [-0.25, -0.2) is 9.78 Å². The molecule has 426 valence electrons. The van der Waals surface area contributed by atoms with Gasteiger partial charge in [-0.2, -0.15) is 0 Å². The Balaban J connectivity index is 0.681. The summed E-state index contributed by atoms with van der Waals surface area (Å²) in [5, 5.41) is 18.4. The van der Waals surface area contributed by atoms with Gasteiger partial charge in [-0.1, -0.05) is 133 Å². The molecule has 4 N–H and O–H groups in total. The molecular formula is C62H83ClN8O7S. The number of unbranched alkanes of at least 4 members (excludes halogenated alkanes) is 10. The Bertz CT molecular complexity index is 2840. The summed E-state index contributed by atoms with van der Waals surface area (Å²) in [5.41, 5.74) is 8.59. The van der Waals surface area contributed by atoms with Crippen molar-refractivity contribution in [2.75, 3.05) is 58.8 Å². The summed E-state index contributed by atoms with van der Waals surface area (Å²) < 4.78 is 5.18. The summed E-state index contributed by atoms with van der Waals surface area (Å²) in [7, 11) is 1.33. The van der Waals surface area contributed by atoms with Crippen molar-refractivity contribution in [2.45, 2.75) is 154 Å². The molecule has 0 spiro atoms. The summed E-state index contributed by atoms with van der Waals surface area (Å²) in [6.07, 6.45) is 12.8. The third-order valence-corrected chi connectivity index (χ3v) is 17.6. The lowest BCUT2D eigenvalue weighted by atomic mass is 9.85. The fourth-order valence-corrected chi connectivity index (χ4v) is 12.9. The maximum Gasteiger partial charge on any atom is 0.328 e. The van der Waals surface area contributed by atoms with Gasteiger partial charge in [-0.3, -0.25) is 24.1 Å². The Labute approximate surface area is 476 Å². The van der Waals surface area contributed by atoms with Crippen LogP contribution >= 0.6 is 22.9 Å². The molecule has 6 atom stereocenters. The maximum atomic E-state index is 14.1. The molecule has 8 rings (SSSR count). The standard InChI is InChI=1S/C62H83ClN8O7S/c1-41(43-22-26-45(27-23-43)56-42(2)65-40-79-56)66-58(74)51-36-47(72)39-70(51)60(76)57(62(3,4)5)64-30-18-14-12-10-8-7-9-11-13-15-19-31-68-32-34-69(35-33-68)59(75)46-28-24-44(25-29-46)55-54-49(48-20-16-17-21-50(48)67-54)37-52(61(77)78-6)71(55)53(73)38-63/h16-17,20-29,40-41,47,51-52,55,57,64,67,72H,7-15,18-19,30-39H2,1-6H3,(H,66,74)/t41-,47+,51-,52+,55-,57+/m0/s1. The van der Waals surface area contributed by atoms with Gasteiger partial charge in [0.1, 0.15) is 18.0 Å². The second kappa shape index (κ2) is 27.7. The maximum absolute atomic E-state index is 14.1. The molecule has 2 aromatic heterocycles. The van der Waals surface area contributed by atoms with Crippen molar-refractivity contribution in [1.29, 1.82) is 0 Å². The predicted octanol–water partition coefficient (Wildman–Crippen LogP) is 9.75. The van der Waals surface area contributed by atoms with Crippen molar-refractivity contribution in [3.8, 4) is 10.4 Å². The van der Waals surface area contributed by atoms with Crippen LogP contribution in [0.3, 0.4) is 0 Å². The molecule has 3 aromatic carbocycles. The summed E-state index contributed by atoms with van der Waals surface area (Å²) in [4.78, 5) is 84.7. The van der Waals surface area contributed by atoms with E-state index in [0.29, 0.717) is 25.1 Å². The molecule has 5 aromatic rings. The second-order valence-corrected chi connectivity index (χ2v) is 24.2. The number of amides is 4. The van der Waals surface area contributed by atoms with E-state index in [2.05, 4.69) is 37.6 Å². The number of aliphatic hydroxyl groups is 1. The molecule has 3 aliphatic heterocycles. The number of aryl methyl sites for hydroxylation is 1. The summed E-state index contributed by atoms with van der Waals surface area (Å²) >= 11 is 7.74. The summed E-state index contributed by atoms with van der Waals surface area (Å²) in [5.74, 6) is -1.55. The number of hydrogen-bond donors (Lipinski definition) is 4. The Kier molecular flexibility index (Phi) is 20.8. The highest BCUT2D eigenvalue weighted by molar-refractivity contribution is 7.13. The zero-order valence-corrected chi connectivity index (χ0v) is 48.8. The highest BCUT2D eigenvalue weighted by atomic mass is 35.5. The van der Waals surface area contributed by atoms with Gasteiger partial charge < -0.3 is 40.2 Å². The average Bonchev–Trinajstić information content (AvgIpc) is 4.29. The molecule has 0 radical (unpaired) electrons. The van der Waals surface area contributed by atoms with E-state index < -0.39 is 36.2 Å². The number of aromatic nitrogens is 2. The number of esters is 1. The number of piperazine rings is 1. The molecule has 0 bridgehead atoms. The van der Waals surface area contributed by atoms with Crippen LogP contribution in [0.15, 0.2) is 78.3 Å². The van der Waals surface area contributed by atoms with Crippen molar-refractivity contribution in [2.24, 2.45) is 5.41 Å². The SMILES string of the molecule is COC(=O)[C@H]1Cc2c([nH]c3ccccc23)[C@H](c2ccc(C(=O)N3CCN(CCCCCCCCCCCCCN[C@H](C(=O)N4C[C@H](O)C[C@H]4C(=O)N[C@@H](C)c4ccc(-c5scnc5C)cc4)C(C)(C)C)CC3)cc2)N1C(=O)CCl. The smallest absolute Gasteiger partial charge is 0.328 e. The van der Waals surface area contributed by atoms with E-state index in [1.807, 2.05) is 106 Å². The molecule has 5 heterocycles. The van der Waals surface area contributed by atoms with Crippen LogP contribution < -0.4 is 10.6 Å². The van der Waals surface area contributed by atoms with Crippen molar-refractivity contribution in [3.63, 3.8) is 0 Å². The fourth-order valence-electron chi connectivity index (χ4n) is 11.9. The number of para-hydroxylation sites is 1. The van der Waals surface area contributed by atoms with E-state index in [0.717, 1.165) is 94.9 Å². The van der Waals surface area contributed by atoms with E-state index in [9.17, 15) is 29.1 Å². The number of carbonyl (C=O) groups excluding carboxylic acids is 5. The zero-order valence-electron chi connectivity index (χ0n) is 47.2. The number of benzene rings is 3. The van der Waals surface area contributed by atoms with Crippen LogP contribution in [0.2, 0.25) is 0 Å². The Morgan fingerprint density at radius 2 is 1.49 bits per heavy atom. The van der Waals surface area contributed by atoms with Crippen molar-refractivity contribution in [1.82, 2.24) is 40.2 Å². The van der Waals surface area contributed by atoms with Crippen LogP contribution in [0.4, 0.5) is 0 Å². The molecule has 3 aliphatic rings. The van der Waals surface area contributed by atoms with E-state index in [4.69, 9.17) is 16.3 Å². The van der Waals surface area contributed by atoms with Gasteiger partial charge in [0.05, 0.1) is 47.4 Å². The quantitative estimate of drug-likeness (QED) is 0.0264. The normalized spacial score (nSPS) is 19.6. The van der Waals surface area contributed by atoms with Crippen LogP contribution in [-0.2, 0) is 30.3 Å². The molecule has 0 aliphatic carbocycles. The topological polar surface area (TPSA) is 181 Å². The number of fused-ring (bicyclic) bond motifs is 3. The summed E-state index contributed by atoms with van der Waals surface area (Å²) in [6.45, 7) is 15.0. The molecule has 4 amide bonds. The van der Waals surface area contributed by atoms with Gasteiger partial charge in [0, 0.05) is 67.7 Å². The molecule has 2 saturated heterocycles. The van der Waals surface area contributed by atoms with Crippen LogP contribution in [0, 0.1) is 12.3 Å². The summed E-state index contributed by atoms with van der Waals surface area (Å²) in [6, 6.07) is 20.5. The number of alkyl halides is 1. The van der Waals surface area contributed by atoms with Crippen LogP contribution in [0.25, 0.3) is 21.3 Å². The number of hydrogen-bond acceptors (Lipinski definition) is 11. The number of β-amino-alcohol motifs (C(OH)–C–C–N with tert-alkyl or cyclic N) is 1. The number of nitrogens with zero attached hydrogens (tertiary/aromatic N) is 5. The van der Waals surface area contributed by atoms with Gasteiger partial charge in [-0.05, 0) is 85.6 Å². The van der Waals surface area contributed by atoms with Gasteiger partial charge in [-0.15, -0.1) is 22.9 Å². The van der Waals surface area contributed by atoms with Gasteiger partial charge >= 0.3 is 5.97 Å². The Morgan fingerprint density at radius 1 is 0.848 bits per heavy atom. The number of ether oxygens (including phenoxy) is 1. The number of halogens is 1. The second-order valence-electron chi connectivity index (χ2n) is 23.1. The lowest BCUT2D eigenvalue weighted by molar-refractivity contribution is -0.154. The Morgan fingerprint density at radius 3 is 2.11 bits per heavy atom. The monoisotopic (exact) mass is 1120 g/mol. The van der Waals surface area contributed by atoms with Crippen LogP contribution in [0.1, 0.15) is 155 Å². The van der Waals surface area contributed by atoms with E-state index in [1.165, 1.54) is 63.4 Å². The highest BCUT2D eigenvalue weighted by Crippen LogP contribution is 2.42. The number of H-pyrrole nitrogens is 1. The first-order valence-corrected chi connectivity index (χ1v) is 30.2. The number of nitrogens with one attached hydrogen (secondary N) is 3. The molecule has 15 nitrogen and oxygen atoms in total. The Hall–Kier alpha value is -5.65. The van der Waals surface area contributed by atoms with Gasteiger partial charge in [0.2, 0.25) is 17.7 Å². The molecular weight excluding hydrogens is 1040 g/mol. The predicted molar refractivity (Wildman–Crippen MR) is 313 cm³/mol. The zero-order chi connectivity index (χ0) is 56.2.